The lowest BCUT2D eigenvalue weighted by Gasteiger charge is -2.12. The summed E-state index contributed by atoms with van der Waals surface area (Å²) in [5.74, 6) is -1.25. The van der Waals surface area contributed by atoms with Gasteiger partial charge in [0.25, 0.3) is 0 Å². The summed E-state index contributed by atoms with van der Waals surface area (Å²) >= 11 is 0. The zero-order valence-electron chi connectivity index (χ0n) is 6.18. The van der Waals surface area contributed by atoms with E-state index in [9.17, 15) is 9.90 Å². The minimum absolute atomic E-state index is 0.270. The van der Waals surface area contributed by atoms with Gasteiger partial charge in [-0.05, 0) is 6.08 Å². The maximum Gasteiger partial charge on any atom is 0.336 e. The SMILES string of the molecule is O=C(O)[C@@H](O)C12C=CC=CC1O2. The van der Waals surface area contributed by atoms with Crippen LogP contribution in [-0.2, 0) is 9.53 Å². The second kappa shape index (κ2) is 2.18. The zero-order valence-corrected chi connectivity index (χ0v) is 6.18. The number of hydrogen-bond donors (Lipinski definition) is 2. The van der Waals surface area contributed by atoms with Crippen LogP contribution in [0.3, 0.4) is 0 Å². The monoisotopic (exact) mass is 168 g/mol. The molecule has 3 atom stereocenters. The van der Waals surface area contributed by atoms with E-state index >= 15 is 0 Å². The third-order valence-electron chi connectivity index (χ3n) is 2.13. The lowest BCUT2D eigenvalue weighted by molar-refractivity contribution is -0.149. The van der Waals surface area contributed by atoms with Crippen molar-refractivity contribution in [1.29, 1.82) is 0 Å². The quantitative estimate of drug-likeness (QED) is 0.555. The number of rotatable bonds is 2. The maximum absolute atomic E-state index is 10.4. The van der Waals surface area contributed by atoms with Gasteiger partial charge in [-0.15, -0.1) is 0 Å². The fourth-order valence-corrected chi connectivity index (χ4v) is 1.38. The van der Waals surface area contributed by atoms with Crippen molar-refractivity contribution in [1.82, 2.24) is 0 Å². The van der Waals surface area contributed by atoms with Crippen molar-refractivity contribution in [3.8, 4) is 0 Å². The van der Waals surface area contributed by atoms with Gasteiger partial charge in [0.05, 0.1) is 0 Å². The summed E-state index contributed by atoms with van der Waals surface area (Å²) in [6.07, 6.45) is 5.01. The first-order valence-electron chi connectivity index (χ1n) is 3.61. The molecule has 2 N–H and O–H groups in total. The van der Waals surface area contributed by atoms with Crippen molar-refractivity contribution in [2.24, 2.45) is 0 Å². The molecule has 2 unspecified atom stereocenters. The minimum atomic E-state index is -1.47. The normalized spacial score (nSPS) is 38.9. The van der Waals surface area contributed by atoms with Crippen LogP contribution < -0.4 is 0 Å². The van der Waals surface area contributed by atoms with Crippen molar-refractivity contribution < 1.29 is 19.7 Å². The number of carboxylic acids is 1. The second-order valence-electron chi connectivity index (χ2n) is 2.88. The molecule has 0 aromatic heterocycles. The van der Waals surface area contributed by atoms with E-state index in [1.807, 2.05) is 0 Å². The van der Waals surface area contributed by atoms with E-state index in [0.29, 0.717) is 0 Å². The molecule has 2 rings (SSSR count). The largest absolute Gasteiger partial charge is 0.479 e. The molecular weight excluding hydrogens is 160 g/mol. The Kier molecular flexibility index (Phi) is 1.37. The lowest BCUT2D eigenvalue weighted by Crippen LogP contribution is -2.37. The summed E-state index contributed by atoms with van der Waals surface area (Å²) in [5, 5.41) is 17.8. The summed E-state index contributed by atoms with van der Waals surface area (Å²) in [6.45, 7) is 0. The van der Waals surface area contributed by atoms with Gasteiger partial charge in [0.2, 0.25) is 0 Å². The van der Waals surface area contributed by atoms with Gasteiger partial charge in [0.15, 0.2) is 11.7 Å². The van der Waals surface area contributed by atoms with E-state index < -0.39 is 17.7 Å². The number of aliphatic hydroxyl groups excluding tert-OH is 1. The first kappa shape index (κ1) is 7.52. The third kappa shape index (κ3) is 0.821. The van der Waals surface area contributed by atoms with E-state index in [2.05, 4.69) is 0 Å². The number of ether oxygens (including phenoxy) is 1. The molecule has 0 aromatic rings. The van der Waals surface area contributed by atoms with Crippen LogP contribution in [0.25, 0.3) is 0 Å². The van der Waals surface area contributed by atoms with Gasteiger partial charge in [-0.3, -0.25) is 0 Å². The maximum atomic E-state index is 10.4. The predicted octanol–water partition coefficient (Wildman–Crippen LogP) is -0.304. The molecule has 0 spiro atoms. The van der Waals surface area contributed by atoms with Gasteiger partial charge in [0.1, 0.15) is 6.10 Å². The molecule has 0 aromatic carbocycles. The molecule has 0 bridgehead atoms. The summed E-state index contributed by atoms with van der Waals surface area (Å²) in [5.41, 5.74) is -0.986. The van der Waals surface area contributed by atoms with E-state index in [-0.39, 0.29) is 6.10 Å². The summed E-state index contributed by atoms with van der Waals surface area (Å²) in [6, 6.07) is 0. The molecule has 2 aliphatic rings. The Labute approximate surface area is 68.8 Å². The predicted molar refractivity (Wildman–Crippen MR) is 39.5 cm³/mol. The first-order chi connectivity index (χ1) is 5.67. The van der Waals surface area contributed by atoms with Crippen LogP contribution in [0.15, 0.2) is 24.3 Å². The van der Waals surface area contributed by atoms with Crippen molar-refractivity contribution in [2.75, 3.05) is 0 Å². The number of aliphatic carboxylic acids is 1. The van der Waals surface area contributed by atoms with E-state index in [0.717, 1.165) is 0 Å². The number of carboxylic acid groups (broad SMARTS) is 1. The topological polar surface area (TPSA) is 70.1 Å². The average Bonchev–Trinajstić information content (AvgIpc) is 2.77. The van der Waals surface area contributed by atoms with E-state index in [1.165, 1.54) is 0 Å². The molecule has 1 heterocycles. The van der Waals surface area contributed by atoms with Gasteiger partial charge in [-0.25, -0.2) is 4.79 Å². The third-order valence-corrected chi connectivity index (χ3v) is 2.13. The fourth-order valence-electron chi connectivity index (χ4n) is 1.38. The zero-order chi connectivity index (χ0) is 8.77. The molecule has 4 nitrogen and oxygen atoms in total. The molecule has 64 valence electrons. The van der Waals surface area contributed by atoms with Crippen molar-refractivity contribution in [2.45, 2.75) is 17.8 Å². The van der Waals surface area contributed by atoms with Crippen LogP contribution >= 0.6 is 0 Å². The molecule has 1 saturated heterocycles. The van der Waals surface area contributed by atoms with Crippen molar-refractivity contribution >= 4 is 5.97 Å². The number of aliphatic hydroxyl groups is 1. The first-order valence-corrected chi connectivity index (χ1v) is 3.61. The summed E-state index contributed by atoms with van der Waals surface area (Å²) in [4.78, 5) is 10.4. The van der Waals surface area contributed by atoms with Crippen molar-refractivity contribution in [3.05, 3.63) is 24.3 Å². The Hall–Kier alpha value is -1.13. The van der Waals surface area contributed by atoms with Crippen LogP contribution in [0.5, 0.6) is 0 Å². The lowest BCUT2D eigenvalue weighted by atomic mass is 9.94. The molecule has 1 aliphatic carbocycles. The number of carbonyl (C=O) groups is 1. The number of allylic oxidation sites excluding steroid dienone is 2. The van der Waals surface area contributed by atoms with Gasteiger partial charge in [0, 0.05) is 0 Å². The fraction of sp³-hybridized carbons (Fsp3) is 0.375. The average molecular weight is 168 g/mol. The highest BCUT2D eigenvalue weighted by molar-refractivity contribution is 5.75. The molecule has 0 radical (unpaired) electrons. The van der Waals surface area contributed by atoms with Crippen molar-refractivity contribution in [3.63, 3.8) is 0 Å². The molecule has 4 heteroatoms. The van der Waals surface area contributed by atoms with Gasteiger partial charge in [-0.1, -0.05) is 18.2 Å². The summed E-state index contributed by atoms with van der Waals surface area (Å²) < 4.78 is 5.08. The Morgan fingerprint density at radius 1 is 1.58 bits per heavy atom. The molecule has 1 fully saturated rings. The van der Waals surface area contributed by atoms with E-state index in [4.69, 9.17) is 9.84 Å². The van der Waals surface area contributed by atoms with Crippen LogP contribution in [0.4, 0.5) is 0 Å². The molecular formula is C8H8O4. The van der Waals surface area contributed by atoms with Crippen LogP contribution in [0.2, 0.25) is 0 Å². The Morgan fingerprint density at radius 3 is 2.92 bits per heavy atom. The van der Waals surface area contributed by atoms with Gasteiger partial charge in [-0.2, -0.15) is 0 Å². The standard InChI is InChI=1S/C8H8O4/c9-6(7(10)11)8-4-2-1-3-5(8)12-8/h1-6,9H,(H,10,11)/t5?,6-,8?/m1/s1. The van der Waals surface area contributed by atoms with Gasteiger partial charge >= 0.3 is 5.97 Å². The number of hydrogen-bond acceptors (Lipinski definition) is 3. The molecule has 1 aliphatic heterocycles. The smallest absolute Gasteiger partial charge is 0.336 e. The Balaban J connectivity index is 2.21. The Morgan fingerprint density at radius 2 is 2.33 bits per heavy atom. The molecule has 0 saturated carbocycles. The highest BCUT2D eigenvalue weighted by Gasteiger charge is 2.61. The molecule has 12 heavy (non-hydrogen) atoms. The van der Waals surface area contributed by atoms with Crippen LogP contribution in [-0.4, -0.2) is 34.0 Å². The highest BCUT2D eigenvalue weighted by atomic mass is 16.6. The summed E-state index contributed by atoms with van der Waals surface area (Å²) in [7, 11) is 0. The van der Waals surface area contributed by atoms with Crippen LogP contribution in [0.1, 0.15) is 0 Å². The van der Waals surface area contributed by atoms with Gasteiger partial charge < -0.3 is 14.9 Å². The highest BCUT2D eigenvalue weighted by Crippen LogP contribution is 2.44. The Bertz CT molecular complexity index is 281. The minimum Gasteiger partial charge on any atom is -0.479 e. The number of epoxide rings is 1. The number of fused-ring (bicyclic) bond motifs is 1. The molecule has 0 amide bonds. The van der Waals surface area contributed by atoms with E-state index in [1.54, 1.807) is 24.3 Å². The van der Waals surface area contributed by atoms with Crippen LogP contribution in [0, 0.1) is 0 Å². The second-order valence-corrected chi connectivity index (χ2v) is 2.88.